The fourth-order valence-electron chi connectivity index (χ4n) is 2.27. The molecule has 2 aromatic rings. The molecule has 0 aliphatic rings. The Morgan fingerprint density at radius 2 is 2.00 bits per heavy atom. The molecule has 0 saturated carbocycles. The third kappa shape index (κ3) is 5.81. The van der Waals surface area contributed by atoms with Crippen LogP contribution in [-0.2, 0) is 21.2 Å². The van der Waals surface area contributed by atoms with E-state index in [2.05, 4.69) is 10.0 Å². The molecule has 0 aliphatic heterocycles. The van der Waals surface area contributed by atoms with E-state index in [1.54, 1.807) is 31.4 Å². The lowest BCUT2D eigenvalue weighted by Gasteiger charge is -2.21. The lowest BCUT2D eigenvalue weighted by Crippen LogP contribution is -2.49. The largest absolute Gasteiger partial charge is 0.354 e. The summed E-state index contributed by atoms with van der Waals surface area (Å²) in [4.78, 5) is 12.4. The van der Waals surface area contributed by atoms with Gasteiger partial charge in [-0.1, -0.05) is 43.6 Å². The van der Waals surface area contributed by atoms with Gasteiger partial charge in [-0.05, 0) is 41.5 Å². The monoisotopic (exact) mass is 400 g/mol. The smallest absolute Gasteiger partial charge is 0.250 e. The van der Waals surface area contributed by atoms with Crippen LogP contribution in [0.15, 0.2) is 46.0 Å². The number of carbonyl (C=O) groups excluding carboxylic acids is 1. The van der Waals surface area contributed by atoms with E-state index in [1.165, 1.54) is 6.07 Å². The van der Waals surface area contributed by atoms with E-state index in [0.717, 1.165) is 16.9 Å². The van der Waals surface area contributed by atoms with Crippen molar-refractivity contribution in [3.05, 3.63) is 52.4 Å². The van der Waals surface area contributed by atoms with Crippen LogP contribution in [0.5, 0.6) is 0 Å². The molecule has 8 heteroatoms. The normalized spacial score (nSPS) is 13.0. The van der Waals surface area contributed by atoms with Crippen molar-refractivity contribution >= 4 is 38.9 Å². The highest BCUT2D eigenvalue weighted by Gasteiger charge is 2.28. The molecule has 0 aliphatic carbocycles. The number of amides is 1. The van der Waals surface area contributed by atoms with Gasteiger partial charge in [0, 0.05) is 11.6 Å². The molecule has 0 bridgehead atoms. The van der Waals surface area contributed by atoms with Crippen molar-refractivity contribution in [1.82, 2.24) is 10.0 Å². The van der Waals surface area contributed by atoms with Crippen molar-refractivity contribution in [3.8, 4) is 0 Å². The number of benzene rings is 1. The molecule has 0 radical (unpaired) electrons. The molecule has 25 heavy (non-hydrogen) atoms. The van der Waals surface area contributed by atoms with Crippen LogP contribution >= 0.6 is 22.9 Å². The first-order chi connectivity index (χ1) is 11.8. The zero-order valence-electron chi connectivity index (χ0n) is 14.0. The number of sulfonamides is 1. The van der Waals surface area contributed by atoms with Gasteiger partial charge in [0.15, 0.2) is 0 Å². The second-order valence-corrected chi connectivity index (χ2v) is 9.27. The van der Waals surface area contributed by atoms with Gasteiger partial charge in [-0.25, -0.2) is 8.42 Å². The Balaban J connectivity index is 1.96. The van der Waals surface area contributed by atoms with Crippen LogP contribution in [0.4, 0.5) is 0 Å². The maximum absolute atomic E-state index is 12.4. The molecule has 1 unspecified atom stereocenters. The van der Waals surface area contributed by atoms with Gasteiger partial charge >= 0.3 is 0 Å². The Labute approximate surface area is 157 Å². The topological polar surface area (TPSA) is 75.3 Å². The molecule has 1 aromatic heterocycles. The van der Waals surface area contributed by atoms with Crippen LogP contribution in [-0.4, -0.2) is 26.9 Å². The number of hydrogen-bond acceptors (Lipinski definition) is 4. The van der Waals surface area contributed by atoms with Gasteiger partial charge in [0.05, 0.1) is 0 Å². The molecule has 136 valence electrons. The number of rotatable bonds is 8. The molecule has 0 spiro atoms. The third-order valence-electron chi connectivity index (χ3n) is 3.59. The van der Waals surface area contributed by atoms with E-state index >= 15 is 0 Å². The van der Waals surface area contributed by atoms with Crippen molar-refractivity contribution in [3.63, 3.8) is 0 Å². The number of nitrogens with one attached hydrogen (secondary N) is 2. The summed E-state index contributed by atoms with van der Waals surface area (Å²) in [6, 6.07) is 9.76. The zero-order chi connectivity index (χ0) is 18.4. The molecule has 2 N–H and O–H groups in total. The van der Waals surface area contributed by atoms with E-state index in [9.17, 15) is 13.2 Å². The first kappa shape index (κ1) is 19.9. The van der Waals surface area contributed by atoms with Gasteiger partial charge in [-0.15, -0.1) is 11.3 Å². The molecule has 1 aromatic carbocycles. The lowest BCUT2D eigenvalue weighted by molar-refractivity contribution is -0.123. The summed E-state index contributed by atoms with van der Waals surface area (Å²) < 4.78 is 27.4. The van der Waals surface area contributed by atoms with E-state index in [4.69, 9.17) is 11.6 Å². The average molecular weight is 401 g/mol. The Hall–Kier alpha value is -1.41. The third-order valence-corrected chi connectivity index (χ3v) is 6.67. The Bertz CT molecular complexity index is 805. The van der Waals surface area contributed by atoms with Gasteiger partial charge in [-0.3, -0.25) is 4.79 Å². The molecule has 1 heterocycles. The van der Waals surface area contributed by atoms with Crippen LogP contribution in [0, 0.1) is 5.92 Å². The number of hydrogen-bond donors (Lipinski definition) is 2. The maximum atomic E-state index is 12.4. The van der Waals surface area contributed by atoms with E-state index in [0.29, 0.717) is 18.0 Å². The van der Waals surface area contributed by atoms with Crippen LogP contribution < -0.4 is 10.0 Å². The summed E-state index contributed by atoms with van der Waals surface area (Å²) in [7, 11) is -3.70. The Kier molecular flexibility index (Phi) is 7.01. The van der Waals surface area contributed by atoms with Gasteiger partial charge in [-0.2, -0.15) is 4.72 Å². The SMILES string of the molecule is CC(C)C(NS(=O)(=O)c1cccs1)C(=O)NCCc1cccc(Cl)c1. The highest BCUT2D eigenvalue weighted by Crippen LogP contribution is 2.17. The quantitative estimate of drug-likeness (QED) is 0.715. The molecule has 2 rings (SSSR count). The second kappa shape index (κ2) is 8.80. The van der Waals surface area contributed by atoms with Gasteiger partial charge in [0.1, 0.15) is 10.3 Å². The second-order valence-electron chi connectivity index (χ2n) is 5.95. The van der Waals surface area contributed by atoms with Crippen molar-refractivity contribution in [2.45, 2.75) is 30.5 Å². The number of halogens is 1. The molecule has 1 atom stereocenters. The van der Waals surface area contributed by atoms with Crippen LogP contribution in [0.25, 0.3) is 0 Å². The fraction of sp³-hybridized carbons (Fsp3) is 0.353. The minimum Gasteiger partial charge on any atom is -0.354 e. The number of thiophene rings is 1. The molecule has 5 nitrogen and oxygen atoms in total. The van der Waals surface area contributed by atoms with Crippen LogP contribution in [0.2, 0.25) is 5.02 Å². The minimum absolute atomic E-state index is 0.180. The van der Waals surface area contributed by atoms with Crippen LogP contribution in [0.1, 0.15) is 19.4 Å². The van der Waals surface area contributed by atoms with E-state index < -0.39 is 16.1 Å². The molecular formula is C17H21ClN2O3S2. The fourth-order valence-corrected chi connectivity index (χ4v) is 4.83. The first-order valence-corrected chi connectivity index (χ1v) is 10.6. The highest BCUT2D eigenvalue weighted by molar-refractivity contribution is 7.91. The Morgan fingerprint density at radius 1 is 1.24 bits per heavy atom. The van der Waals surface area contributed by atoms with Crippen molar-refractivity contribution in [2.75, 3.05) is 6.54 Å². The summed E-state index contributed by atoms with van der Waals surface area (Å²) >= 11 is 7.05. The summed E-state index contributed by atoms with van der Waals surface area (Å²) in [5.74, 6) is -0.516. The first-order valence-electron chi connectivity index (χ1n) is 7.87. The zero-order valence-corrected chi connectivity index (χ0v) is 16.4. The van der Waals surface area contributed by atoms with Gasteiger partial charge in [0.2, 0.25) is 5.91 Å². The van der Waals surface area contributed by atoms with Crippen molar-refractivity contribution in [1.29, 1.82) is 0 Å². The highest BCUT2D eigenvalue weighted by atomic mass is 35.5. The maximum Gasteiger partial charge on any atom is 0.250 e. The van der Waals surface area contributed by atoms with Gasteiger partial charge in [0.25, 0.3) is 10.0 Å². The summed E-state index contributed by atoms with van der Waals surface area (Å²) in [5, 5.41) is 5.12. The standard InChI is InChI=1S/C17H21ClN2O3S2/c1-12(2)16(20-25(22,23)15-7-4-10-24-15)17(21)19-9-8-13-5-3-6-14(18)11-13/h3-7,10-12,16,20H,8-9H2,1-2H3,(H,19,21). The van der Waals surface area contributed by atoms with E-state index in [1.807, 2.05) is 18.2 Å². The van der Waals surface area contributed by atoms with Gasteiger partial charge < -0.3 is 5.32 Å². The van der Waals surface area contributed by atoms with Crippen LogP contribution in [0.3, 0.4) is 0 Å². The summed E-state index contributed by atoms with van der Waals surface area (Å²) in [6.07, 6.45) is 0.620. The lowest BCUT2D eigenvalue weighted by atomic mass is 10.0. The summed E-state index contributed by atoms with van der Waals surface area (Å²) in [5.41, 5.74) is 1.01. The predicted molar refractivity (Wildman–Crippen MR) is 101 cm³/mol. The molecule has 0 saturated heterocycles. The van der Waals surface area contributed by atoms with E-state index in [-0.39, 0.29) is 16.0 Å². The average Bonchev–Trinajstić information content (AvgIpc) is 3.08. The number of carbonyl (C=O) groups is 1. The molecule has 1 amide bonds. The predicted octanol–water partition coefficient (Wildman–Crippen LogP) is 3.06. The summed E-state index contributed by atoms with van der Waals surface area (Å²) in [6.45, 7) is 4.01. The van der Waals surface area contributed by atoms with Crippen molar-refractivity contribution < 1.29 is 13.2 Å². The van der Waals surface area contributed by atoms with Crippen molar-refractivity contribution in [2.24, 2.45) is 5.92 Å². The minimum atomic E-state index is -3.70. The Morgan fingerprint density at radius 3 is 2.60 bits per heavy atom. The molecular weight excluding hydrogens is 380 g/mol. The molecule has 0 fully saturated rings.